The van der Waals surface area contributed by atoms with Crippen LogP contribution in [-0.2, 0) is 0 Å². The van der Waals surface area contributed by atoms with Gasteiger partial charge in [-0.3, -0.25) is 0 Å². The molecule has 2 fully saturated rings. The Morgan fingerprint density at radius 2 is 1.89 bits per heavy atom. The topological polar surface area (TPSA) is 29.3 Å². The van der Waals surface area contributed by atoms with Gasteiger partial charge in [0, 0.05) is 19.1 Å². The third kappa shape index (κ3) is 3.96. The molecule has 2 N–H and O–H groups in total. The van der Waals surface area contributed by atoms with Gasteiger partial charge in [0.15, 0.2) is 0 Å². The smallest absolute Gasteiger partial charge is 0.00509 e. The highest BCUT2D eigenvalue weighted by molar-refractivity contribution is 4.83. The van der Waals surface area contributed by atoms with E-state index in [1.807, 2.05) is 0 Å². The Hall–Kier alpha value is -0.0800. The number of hydrogen-bond donors (Lipinski definition) is 1. The molecule has 0 spiro atoms. The highest BCUT2D eigenvalue weighted by Gasteiger charge is 2.29. The summed E-state index contributed by atoms with van der Waals surface area (Å²) >= 11 is 0. The van der Waals surface area contributed by atoms with E-state index in [2.05, 4.69) is 25.7 Å². The summed E-state index contributed by atoms with van der Waals surface area (Å²) < 4.78 is 0. The summed E-state index contributed by atoms with van der Waals surface area (Å²) in [5.74, 6) is 1.68. The number of rotatable bonds is 3. The molecule has 1 saturated heterocycles. The van der Waals surface area contributed by atoms with E-state index in [1.165, 1.54) is 58.2 Å². The average molecular weight is 252 g/mol. The molecule has 2 heteroatoms. The summed E-state index contributed by atoms with van der Waals surface area (Å²) in [5.41, 5.74) is 6.68. The molecule has 18 heavy (non-hydrogen) atoms. The van der Waals surface area contributed by atoms with Crippen LogP contribution in [0.15, 0.2) is 0 Å². The van der Waals surface area contributed by atoms with Crippen LogP contribution in [0.3, 0.4) is 0 Å². The van der Waals surface area contributed by atoms with Crippen molar-refractivity contribution in [2.45, 2.75) is 65.3 Å². The van der Waals surface area contributed by atoms with Crippen molar-refractivity contribution in [3.63, 3.8) is 0 Å². The van der Waals surface area contributed by atoms with E-state index < -0.39 is 0 Å². The lowest BCUT2D eigenvalue weighted by Crippen LogP contribution is -2.44. The van der Waals surface area contributed by atoms with Gasteiger partial charge in [-0.1, -0.05) is 13.8 Å². The summed E-state index contributed by atoms with van der Waals surface area (Å²) in [7, 11) is 0. The van der Waals surface area contributed by atoms with Crippen LogP contribution in [0.5, 0.6) is 0 Å². The van der Waals surface area contributed by atoms with Crippen molar-refractivity contribution >= 4 is 0 Å². The Morgan fingerprint density at radius 3 is 2.50 bits per heavy atom. The maximum absolute atomic E-state index is 6.07. The SMILES string of the molecule is CC(N)C1CCCN(CC2CCC(C)(C)CC2)C1. The first kappa shape index (κ1) is 14.3. The molecule has 1 heterocycles. The number of nitrogens with zero attached hydrogens (tertiary/aromatic N) is 1. The molecule has 1 aliphatic carbocycles. The van der Waals surface area contributed by atoms with E-state index >= 15 is 0 Å². The van der Waals surface area contributed by atoms with Crippen LogP contribution in [0, 0.1) is 17.3 Å². The third-order valence-electron chi connectivity index (χ3n) is 5.26. The highest BCUT2D eigenvalue weighted by Crippen LogP contribution is 2.38. The van der Waals surface area contributed by atoms with Crippen molar-refractivity contribution in [2.24, 2.45) is 23.0 Å². The standard InChI is InChI=1S/C16H32N2/c1-13(17)15-5-4-10-18(12-15)11-14-6-8-16(2,3)9-7-14/h13-15H,4-12,17H2,1-3H3. The first-order valence-electron chi connectivity index (χ1n) is 7.94. The maximum atomic E-state index is 6.07. The lowest BCUT2D eigenvalue weighted by Gasteiger charge is -2.40. The Labute approximate surface area is 113 Å². The van der Waals surface area contributed by atoms with Gasteiger partial charge >= 0.3 is 0 Å². The van der Waals surface area contributed by atoms with Crippen LogP contribution in [0.25, 0.3) is 0 Å². The van der Waals surface area contributed by atoms with Gasteiger partial charge in [-0.15, -0.1) is 0 Å². The molecule has 2 aliphatic rings. The quantitative estimate of drug-likeness (QED) is 0.835. The van der Waals surface area contributed by atoms with Crippen molar-refractivity contribution in [1.82, 2.24) is 4.90 Å². The molecule has 2 unspecified atom stereocenters. The predicted octanol–water partition coefficient (Wildman–Crippen LogP) is 3.26. The zero-order chi connectivity index (χ0) is 13.2. The fourth-order valence-electron chi connectivity index (χ4n) is 3.69. The van der Waals surface area contributed by atoms with Gasteiger partial charge in [-0.25, -0.2) is 0 Å². The summed E-state index contributed by atoms with van der Waals surface area (Å²) in [6, 6.07) is 0.373. The number of piperidine rings is 1. The summed E-state index contributed by atoms with van der Waals surface area (Å²) in [6.07, 6.45) is 8.40. The zero-order valence-corrected chi connectivity index (χ0v) is 12.6. The Kier molecular flexibility index (Phi) is 4.71. The van der Waals surface area contributed by atoms with Crippen LogP contribution in [-0.4, -0.2) is 30.6 Å². The van der Waals surface area contributed by atoms with Crippen molar-refractivity contribution in [3.05, 3.63) is 0 Å². The van der Waals surface area contributed by atoms with Crippen LogP contribution >= 0.6 is 0 Å². The second-order valence-corrected chi connectivity index (χ2v) is 7.63. The van der Waals surface area contributed by atoms with E-state index in [4.69, 9.17) is 5.73 Å². The fraction of sp³-hybridized carbons (Fsp3) is 1.00. The van der Waals surface area contributed by atoms with E-state index in [9.17, 15) is 0 Å². The lowest BCUT2D eigenvalue weighted by molar-refractivity contribution is 0.106. The maximum Gasteiger partial charge on any atom is 0.00509 e. The van der Waals surface area contributed by atoms with E-state index in [1.54, 1.807) is 0 Å². The monoisotopic (exact) mass is 252 g/mol. The van der Waals surface area contributed by atoms with Gasteiger partial charge in [0.25, 0.3) is 0 Å². The predicted molar refractivity (Wildman–Crippen MR) is 78.6 cm³/mol. The molecule has 0 amide bonds. The number of likely N-dealkylation sites (tertiary alicyclic amines) is 1. The van der Waals surface area contributed by atoms with Crippen LogP contribution < -0.4 is 5.73 Å². The molecule has 1 saturated carbocycles. The summed E-state index contributed by atoms with van der Waals surface area (Å²) in [5, 5.41) is 0. The van der Waals surface area contributed by atoms with E-state index in [-0.39, 0.29) is 0 Å². The first-order valence-corrected chi connectivity index (χ1v) is 7.94. The molecule has 0 bridgehead atoms. The van der Waals surface area contributed by atoms with Crippen molar-refractivity contribution in [1.29, 1.82) is 0 Å². The Morgan fingerprint density at radius 1 is 1.22 bits per heavy atom. The largest absolute Gasteiger partial charge is 0.328 e. The molecule has 2 nitrogen and oxygen atoms in total. The minimum absolute atomic E-state index is 0.373. The van der Waals surface area contributed by atoms with Gasteiger partial charge < -0.3 is 10.6 Å². The fourth-order valence-corrected chi connectivity index (χ4v) is 3.69. The van der Waals surface area contributed by atoms with E-state index in [0.29, 0.717) is 11.5 Å². The average Bonchev–Trinajstić information content (AvgIpc) is 2.32. The molecular weight excluding hydrogens is 220 g/mol. The molecule has 2 rings (SSSR count). The third-order valence-corrected chi connectivity index (χ3v) is 5.26. The minimum atomic E-state index is 0.373. The molecule has 1 aliphatic heterocycles. The van der Waals surface area contributed by atoms with Crippen LogP contribution in [0.1, 0.15) is 59.3 Å². The highest BCUT2D eigenvalue weighted by atomic mass is 15.1. The normalized spacial score (nSPS) is 32.3. The first-order chi connectivity index (χ1) is 8.46. The molecule has 0 radical (unpaired) electrons. The van der Waals surface area contributed by atoms with Gasteiger partial charge in [-0.05, 0) is 69.2 Å². The van der Waals surface area contributed by atoms with Crippen molar-refractivity contribution < 1.29 is 0 Å². The van der Waals surface area contributed by atoms with Gasteiger partial charge in [0.05, 0.1) is 0 Å². The molecule has 106 valence electrons. The van der Waals surface area contributed by atoms with Gasteiger partial charge in [0.2, 0.25) is 0 Å². The minimum Gasteiger partial charge on any atom is -0.328 e. The number of hydrogen-bond acceptors (Lipinski definition) is 2. The summed E-state index contributed by atoms with van der Waals surface area (Å²) in [4.78, 5) is 2.69. The molecule has 0 aromatic carbocycles. The molecular formula is C16H32N2. The number of nitrogens with two attached hydrogens (primary N) is 1. The zero-order valence-electron chi connectivity index (χ0n) is 12.6. The second kappa shape index (κ2) is 5.92. The Balaban J connectivity index is 1.76. The van der Waals surface area contributed by atoms with Crippen LogP contribution in [0.4, 0.5) is 0 Å². The Bertz CT molecular complexity index is 250. The second-order valence-electron chi connectivity index (χ2n) is 7.63. The van der Waals surface area contributed by atoms with Gasteiger partial charge in [-0.2, -0.15) is 0 Å². The lowest BCUT2D eigenvalue weighted by atomic mass is 9.73. The van der Waals surface area contributed by atoms with Gasteiger partial charge in [0.1, 0.15) is 0 Å². The van der Waals surface area contributed by atoms with E-state index in [0.717, 1.165) is 11.8 Å². The summed E-state index contributed by atoms with van der Waals surface area (Å²) in [6.45, 7) is 10.9. The molecule has 2 atom stereocenters. The van der Waals surface area contributed by atoms with Crippen molar-refractivity contribution in [3.8, 4) is 0 Å². The molecule has 0 aromatic rings. The van der Waals surface area contributed by atoms with Crippen molar-refractivity contribution in [2.75, 3.05) is 19.6 Å². The molecule has 0 aromatic heterocycles. The van der Waals surface area contributed by atoms with Crippen LogP contribution in [0.2, 0.25) is 0 Å².